The minimum atomic E-state index is -4.96. The van der Waals surface area contributed by atoms with Crippen molar-refractivity contribution in [2.45, 2.75) is 446 Å². The molecule has 0 saturated heterocycles. The van der Waals surface area contributed by atoms with Crippen LogP contribution in [0.2, 0.25) is 0 Å². The van der Waals surface area contributed by atoms with Gasteiger partial charge in [-0.15, -0.1) is 0 Å². The van der Waals surface area contributed by atoms with E-state index in [9.17, 15) is 43.2 Å². The SMILES string of the molecule is CC(C)CCCCCCCCCCCCCCCCCCCCC(=O)O[C@H](COC(=O)CCCCCCCCC(C)C)COP(=O)(O)OCC(O)COP(=O)(O)OC[C@@H](COC(=O)CCCCCCCCCCCCCCCCCC(C)C)OC(=O)CCCCCCCCCCCCCC(C)C. The third-order valence-electron chi connectivity index (χ3n) is 19.3. The summed E-state index contributed by atoms with van der Waals surface area (Å²) in [7, 11) is -9.92. The minimum Gasteiger partial charge on any atom is -0.462 e. The Labute approximate surface area is 626 Å². The standard InChI is InChI=1S/C83H162O17P2/c1-73(2)59-51-43-35-29-23-18-14-11-9-10-12-16-21-27-33-39-49-57-65-82(87)100-79(70-94-81(86)64-56-48-42-41-46-54-62-76(7)8)72-98-102(91,92)96-68-77(84)67-95-101(89,90)97-71-78(99-83(88)66-58-50-40-34-28-22-25-31-37-45-53-61-75(5)6)69-93-80(85)63-55-47-38-32-26-20-17-13-15-19-24-30-36-44-52-60-74(3)4/h73-79,84H,9-72H2,1-8H3,(H,89,90)(H,91,92)/t77?,78-,79-/m1/s1. The summed E-state index contributed by atoms with van der Waals surface area (Å²) in [5.74, 6) is 0.957. The number of unbranched alkanes of at least 4 members (excludes halogenated alkanes) is 46. The van der Waals surface area contributed by atoms with Crippen LogP contribution >= 0.6 is 15.6 Å². The maximum atomic E-state index is 13.1. The van der Waals surface area contributed by atoms with Crippen LogP contribution in [0.3, 0.4) is 0 Å². The van der Waals surface area contributed by atoms with E-state index < -0.39 is 97.5 Å². The topological polar surface area (TPSA) is 237 Å². The quantitative estimate of drug-likeness (QED) is 0.0222. The van der Waals surface area contributed by atoms with Gasteiger partial charge >= 0.3 is 39.5 Å². The molecule has 0 aromatic heterocycles. The van der Waals surface area contributed by atoms with Gasteiger partial charge in [0.15, 0.2) is 12.2 Å². The Morgan fingerprint density at radius 1 is 0.245 bits per heavy atom. The monoisotopic (exact) mass is 1490 g/mol. The van der Waals surface area contributed by atoms with E-state index in [1.54, 1.807) is 0 Å². The molecule has 3 unspecified atom stereocenters. The van der Waals surface area contributed by atoms with Gasteiger partial charge in [-0.05, 0) is 49.4 Å². The third kappa shape index (κ3) is 76.3. The van der Waals surface area contributed by atoms with Crippen molar-refractivity contribution in [3.63, 3.8) is 0 Å². The summed E-state index contributed by atoms with van der Waals surface area (Å²) in [5.41, 5.74) is 0. The van der Waals surface area contributed by atoms with Crippen molar-refractivity contribution in [3.8, 4) is 0 Å². The van der Waals surface area contributed by atoms with E-state index in [-0.39, 0.29) is 25.7 Å². The van der Waals surface area contributed by atoms with Gasteiger partial charge in [-0.25, -0.2) is 9.13 Å². The molecule has 0 aromatic rings. The first-order valence-corrected chi connectivity index (χ1v) is 45.7. The Kier molecular flexibility index (Phi) is 70.6. The van der Waals surface area contributed by atoms with Crippen LogP contribution in [-0.2, 0) is 65.4 Å². The second kappa shape index (κ2) is 72.0. The number of hydrogen-bond acceptors (Lipinski definition) is 15. The Morgan fingerprint density at radius 3 is 0.608 bits per heavy atom. The molecule has 3 N–H and O–H groups in total. The molecule has 5 atom stereocenters. The van der Waals surface area contributed by atoms with Gasteiger partial charge in [-0.3, -0.25) is 37.3 Å². The molecule has 102 heavy (non-hydrogen) atoms. The summed E-state index contributed by atoms with van der Waals surface area (Å²) >= 11 is 0. The molecule has 0 rings (SSSR count). The molecular formula is C83H162O17P2. The molecule has 606 valence electrons. The lowest BCUT2D eigenvalue weighted by Gasteiger charge is -2.21. The smallest absolute Gasteiger partial charge is 0.462 e. The molecule has 0 radical (unpaired) electrons. The lowest BCUT2D eigenvalue weighted by atomic mass is 10.0. The van der Waals surface area contributed by atoms with Gasteiger partial charge in [-0.1, -0.05) is 376 Å². The number of aliphatic hydroxyl groups excluding tert-OH is 1. The van der Waals surface area contributed by atoms with Crippen molar-refractivity contribution in [2.24, 2.45) is 23.7 Å². The van der Waals surface area contributed by atoms with Crippen molar-refractivity contribution in [3.05, 3.63) is 0 Å². The summed E-state index contributed by atoms with van der Waals surface area (Å²) < 4.78 is 68.7. The normalized spacial score (nSPS) is 14.0. The molecule has 0 aromatic carbocycles. The number of carbonyl (C=O) groups is 4. The molecular weight excluding hydrogens is 1330 g/mol. The maximum Gasteiger partial charge on any atom is 0.472 e. The van der Waals surface area contributed by atoms with E-state index in [1.807, 2.05) is 0 Å². The zero-order chi connectivity index (χ0) is 75.3. The summed E-state index contributed by atoms with van der Waals surface area (Å²) in [4.78, 5) is 73.0. The van der Waals surface area contributed by atoms with Crippen LogP contribution in [-0.4, -0.2) is 96.7 Å². The molecule has 0 bridgehead atoms. The van der Waals surface area contributed by atoms with Crippen LogP contribution in [0.25, 0.3) is 0 Å². The number of carbonyl (C=O) groups excluding carboxylic acids is 4. The number of phosphoric ester groups is 2. The highest BCUT2D eigenvalue weighted by molar-refractivity contribution is 7.47. The molecule has 17 nitrogen and oxygen atoms in total. The number of esters is 4. The van der Waals surface area contributed by atoms with Crippen molar-refractivity contribution in [2.75, 3.05) is 39.6 Å². The molecule has 0 amide bonds. The molecule has 19 heteroatoms. The fourth-order valence-electron chi connectivity index (χ4n) is 12.8. The van der Waals surface area contributed by atoms with Gasteiger partial charge in [0.05, 0.1) is 26.4 Å². The van der Waals surface area contributed by atoms with Crippen LogP contribution in [0.15, 0.2) is 0 Å². The van der Waals surface area contributed by atoms with E-state index in [2.05, 4.69) is 55.4 Å². The first kappa shape index (κ1) is 100. The zero-order valence-electron chi connectivity index (χ0n) is 67.2. The molecule has 0 fully saturated rings. The Hall–Kier alpha value is -1.94. The molecule has 0 saturated carbocycles. The van der Waals surface area contributed by atoms with Crippen molar-refractivity contribution >= 4 is 39.5 Å². The highest BCUT2D eigenvalue weighted by Gasteiger charge is 2.30. The van der Waals surface area contributed by atoms with Crippen LogP contribution in [0.5, 0.6) is 0 Å². The van der Waals surface area contributed by atoms with E-state index in [1.165, 1.54) is 225 Å². The first-order valence-electron chi connectivity index (χ1n) is 42.7. The number of rotatable bonds is 80. The fraction of sp³-hybridized carbons (Fsp3) is 0.952. The van der Waals surface area contributed by atoms with Gasteiger partial charge in [0, 0.05) is 25.7 Å². The second-order valence-corrected chi connectivity index (χ2v) is 34.7. The fourth-order valence-corrected chi connectivity index (χ4v) is 14.4. The van der Waals surface area contributed by atoms with E-state index in [4.69, 9.17) is 37.0 Å². The van der Waals surface area contributed by atoms with Crippen molar-refractivity contribution in [1.29, 1.82) is 0 Å². The first-order chi connectivity index (χ1) is 49.1. The van der Waals surface area contributed by atoms with Crippen molar-refractivity contribution in [1.82, 2.24) is 0 Å². The average molecular weight is 1490 g/mol. The van der Waals surface area contributed by atoms with E-state index in [0.717, 1.165) is 114 Å². The van der Waals surface area contributed by atoms with Gasteiger partial charge in [0.1, 0.15) is 19.3 Å². The number of aliphatic hydroxyl groups is 1. The van der Waals surface area contributed by atoms with Gasteiger partial charge in [-0.2, -0.15) is 0 Å². The highest BCUT2D eigenvalue weighted by atomic mass is 31.2. The Bertz CT molecular complexity index is 1990. The predicted octanol–water partition coefficient (Wildman–Crippen LogP) is 24.8. The summed E-state index contributed by atoms with van der Waals surface area (Å²) in [6.45, 7) is 14.2. The number of hydrogen-bond donors (Lipinski definition) is 3. The minimum absolute atomic E-state index is 0.106. The second-order valence-electron chi connectivity index (χ2n) is 31.8. The summed E-state index contributed by atoms with van der Waals surface area (Å²) in [6, 6.07) is 0. The van der Waals surface area contributed by atoms with Crippen LogP contribution in [0, 0.1) is 23.7 Å². The van der Waals surface area contributed by atoms with Gasteiger partial charge in [0.25, 0.3) is 0 Å². The lowest BCUT2D eigenvalue weighted by molar-refractivity contribution is -0.161. The Balaban J connectivity index is 5.18. The molecule has 0 heterocycles. The molecule has 0 spiro atoms. The molecule has 0 aliphatic carbocycles. The summed E-state index contributed by atoms with van der Waals surface area (Å²) in [5, 5.41) is 10.6. The molecule has 0 aliphatic rings. The number of ether oxygens (including phenoxy) is 4. The predicted molar refractivity (Wildman–Crippen MR) is 418 cm³/mol. The largest absolute Gasteiger partial charge is 0.472 e. The van der Waals surface area contributed by atoms with Crippen LogP contribution in [0.4, 0.5) is 0 Å². The van der Waals surface area contributed by atoms with E-state index >= 15 is 0 Å². The summed E-state index contributed by atoms with van der Waals surface area (Å²) in [6.07, 6.45) is 59.9. The lowest BCUT2D eigenvalue weighted by Crippen LogP contribution is -2.30. The third-order valence-corrected chi connectivity index (χ3v) is 21.2. The molecule has 0 aliphatic heterocycles. The maximum absolute atomic E-state index is 13.1. The van der Waals surface area contributed by atoms with Gasteiger partial charge < -0.3 is 33.8 Å². The van der Waals surface area contributed by atoms with Gasteiger partial charge in [0.2, 0.25) is 0 Å². The zero-order valence-corrected chi connectivity index (χ0v) is 69.0. The number of phosphoric acid groups is 2. The van der Waals surface area contributed by atoms with Crippen LogP contribution < -0.4 is 0 Å². The average Bonchev–Trinajstić information content (AvgIpc) is 0.921. The van der Waals surface area contributed by atoms with Crippen molar-refractivity contribution < 1.29 is 80.2 Å². The van der Waals surface area contributed by atoms with E-state index in [0.29, 0.717) is 31.6 Å². The Morgan fingerprint density at radius 2 is 0.412 bits per heavy atom. The highest BCUT2D eigenvalue weighted by Crippen LogP contribution is 2.45. The van der Waals surface area contributed by atoms with Crippen LogP contribution in [0.1, 0.15) is 428 Å².